The summed E-state index contributed by atoms with van der Waals surface area (Å²) in [6, 6.07) is 3.80. The van der Waals surface area contributed by atoms with Crippen molar-refractivity contribution < 1.29 is 4.74 Å². The molecule has 0 amide bonds. The van der Waals surface area contributed by atoms with Gasteiger partial charge in [-0.25, -0.2) is 0 Å². The van der Waals surface area contributed by atoms with Crippen LogP contribution in [0.4, 0.5) is 0 Å². The minimum Gasteiger partial charge on any atom is -0.493 e. The molecule has 4 heteroatoms. The van der Waals surface area contributed by atoms with E-state index in [-0.39, 0.29) is 6.04 Å². The number of rotatable bonds is 0. The maximum absolute atomic E-state index is 5.93. The average molecular weight is 263 g/mol. The van der Waals surface area contributed by atoms with Gasteiger partial charge in [0, 0.05) is 28.6 Å². The van der Waals surface area contributed by atoms with Crippen LogP contribution < -0.4 is 10.5 Å². The molecule has 1 heterocycles. The van der Waals surface area contributed by atoms with E-state index >= 15 is 0 Å². The molecule has 2 N–H and O–H groups in total. The van der Waals surface area contributed by atoms with Gasteiger partial charge in [-0.3, -0.25) is 0 Å². The van der Waals surface area contributed by atoms with Crippen LogP contribution in [0, 0.1) is 0 Å². The fourth-order valence-electron chi connectivity index (χ4n) is 1.41. The highest BCUT2D eigenvalue weighted by molar-refractivity contribution is 9.10. The molecule has 1 aromatic rings. The van der Waals surface area contributed by atoms with Crippen molar-refractivity contribution in [3.63, 3.8) is 0 Å². The smallest absolute Gasteiger partial charge is 0.125 e. The minimum absolute atomic E-state index is 0.0670. The van der Waals surface area contributed by atoms with Crippen LogP contribution in [0.3, 0.4) is 0 Å². The largest absolute Gasteiger partial charge is 0.493 e. The summed E-state index contributed by atoms with van der Waals surface area (Å²) in [5.74, 6) is 0.812. The topological polar surface area (TPSA) is 35.2 Å². The van der Waals surface area contributed by atoms with Crippen molar-refractivity contribution in [3.05, 3.63) is 27.2 Å². The van der Waals surface area contributed by atoms with E-state index in [1.54, 1.807) is 6.07 Å². The van der Waals surface area contributed by atoms with E-state index in [0.717, 1.165) is 22.2 Å². The van der Waals surface area contributed by atoms with Gasteiger partial charge in [-0.1, -0.05) is 11.6 Å². The molecule has 2 nitrogen and oxygen atoms in total. The normalized spacial score (nSPS) is 20.7. The molecule has 1 aromatic carbocycles. The molecule has 1 atom stereocenters. The average Bonchev–Trinajstić information content (AvgIpc) is 2.09. The van der Waals surface area contributed by atoms with Crippen LogP contribution in [-0.4, -0.2) is 6.61 Å². The van der Waals surface area contributed by atoms with Crippen LogP contribution in [0.25, 0.3) is 0 Å². The van der Waals surface area contributed by atoms with E-state index in [2.05, 4.69) is 15.9 Å². The lowest BCUT2D eigenvalue weighted by Crippen LogP contribution is -2.20. The summed E-state index contributed by atoms with van der Waals surface area (Å²) in [6.07, 6.45) is 0.862. The van der Waals surface area contributed by atoms with Gasteiger partial charge in [0.25, 0.3) is 0 Å². The van der Waals surface area contributed by atoms with Crippen LogP contribution in [0.1, 0.15) is 18.0 Å². The van der Waals surface area contributed by atoms with E-state index in [1.165, 1.54) is 0 Å². The summed E-state index contributed by atoms with van der Waals surface area (Å²) in [4.78, 5) is 0. The Hall–Kier alpha value is -0.250. The predicted octanol–water partition coefficient (Wildman–Crippen LogP) is 2.88. The number of halogens is 2. The summed E-state index contributed by atoms with van der Waals surface area (Å²) in [5.41, 5.74) is 6.95. The number of nitrogens with two attached hydrogens (primary N) is 1. The molecule has 0 fully saturated rings. The van der Waals surface area contributed by atoms with Gasteiger partial charge >= 0.3 is 0 Å². The second-order valence-electron chi connectivity index (χ2n) is 3.05. The van der Waals surface area contributed by atoms with Crippen LogP contribution in [0.5, 0.6) is 5.75 Å². The number of benzene rings is 1. The van der Waals surface area contributed by atoms with Crippen LogP contribution in [0.2, 0.25) is 5.02 Å². The quantitative estimate of drug-likeness (QED) is 0.780. The van der Waals surface area contributed by atoms with E-state index in [4.69, 9.17) is 22.1 Å². The Balaban J connectivity index is 2.52. The maximum Gasteiger partial charge on any atom is 0.125 e. The number of ether oxygens (including phenoxy) is 1. The van der Waals surface area contributed by atoms with Crippen molar-refractivity contribution in [2.75, 3.05) is 6.61 Å². The van der Waals surface area contributed by atoms with Crippen molar-refractivity contribution in [1.82, 2.24) is 0 Å². The van der Waals surface area contributed by atoms with E-state index in [0.29, 0.717) is 11.6 Å². The van der Waals surface area contributed by atoms with Crippen LogP contribution in [-0.2, 0) is 0 Å². The van der Waals surface area contributed by atoms with Crippen molar-refractivity contribution in [2.24, 2.45) is 5.73 Å². The predicted molar refractivity (Wildman–Crippen MR) is 56.2 cm³/mol. The van der Waals surface area contributed by atoms with Gasteiger partial charge in [-0.2, -0.15) is 0 Å². The number of fused-ring (bicyclic) bond motifs is 1. The lowest BCUT2D eigenvalue weighted by atomic mass is 10.0. The van der Waals surface area contributed by atoms with Crippen molar-refractivity contribution in [3.8, 4) is 5.75 Å². The van der Waals surface area contributed by atoms with E-state index < -0.39 is 0 Å². The monoisotopic (exact) mass is 261 g/mol. The molecule has 1 aliphatic rings. The Labute approximate surface area is 90.1 Å². The maximum atomic E-state index is 5.93. The fourth-order valence-corrected chi connectivity index (χ4v) is 1.92. The third-order valence-corrected chi connectivity index (χ3v) is 3.34. The standard InChI is InChI=1S/C9H9BrClNO/c10-6-3-5-8(12)1-2-13-9(5)4-7(6)11/h3-4,8H,1-2,12H2. The fraction of sp³-hybridized carbons (Fsp3) is 0.333. The van der Waals surface area contributed by atoms with Gasteiger partial charge in [-0.15, -0.1) is 0 Å². The first-order valence-corrected chi connectivity index (χ1v) is 5.23. The molecule has 0 aliphatic carbocycles. The zero-order valence-corrected chi connectivity index (χ0v) is 9.23. The molecule has 2 rings (SSSR count). The van der Waals surface area contributed by atoms with Gasteiger partial charge in [0.05, 0.1) is 11.6 Å². The summed E-state index contributed by atoms with van der Waals surface area (Å²) in [6.45, 7) is 0.673. The van der Waals surface area contributed by atoms with E-state index in [1.807, 2.05) is 6.07 Å². The van der Waals surface area contributed by atoms with Gasteiger partial charge < -0.3 is 10.5 Å². The van der Waals surface area contributed by atoms with Crippen molar-refractivity contribution in [1.29, 1.82) is 0 Å². The number of hydrogen-bond acceptors (Lipinski definition) is 2. The molecule has 0 aromatic heterocycles. The third-order valence-electron chi connectivity index (χ3n) is 2.14. The Morgan fingerprint density at radius 2 is 2.31 bits per heavy atom. The molecule has 1 unspecified atom stereocenters. The lowest BCUT2D eigenvalue weighted by molar-refractivity contribution is 0.269. The summed E-state index contributed by atoms with van der Waals surface area (Å²) >= 11 is 9.28. The molecule has 13 heavy (non-hydrogen) atoms. The minimum atomic E-state index is 0.0670. The first-order valence-electron chi connectivity index (χ1n) is 4.06. The molecule has 0 saturated carbocycles. The van der Waals surface area contributed by atoms with Gasteiger partial charge in [0.1, 0.15) is 5.75 Å². The van der Waals surface area contributed by atoms with Gasteiger partial charge in [-0.05, 0) is 22.0 Å². The molecule has 1 aliphatic heterocycles. The van der Waals surface area contributed by atoms with E-state index in [9.17, 15) is 0 Å². The highest BCUT2D eigenvalue weighted by Crippen LogP contribution is 2.36. The summed E-state index contributed by atoms with van der Waals surface area (Å²) in [5, 5.41) is 0.660. The first-order chi connectivity index (χ1) is 6.18. The molecular formula is C9H9BrClNO. The molecule has 0 bridgehead atoms. The Kier molecular flexibility index (Phi) is 2.49. The molecule has 70 valence electrons. The van der Waals surface area contributed by atoms with Crippen molar-refractivity contribution >= 4 is 27.5 Å². The molecule has 0 radical (unpaired) electrons. The molecule has 0 spiro atoms. The Bertz CT molecular complexity index is 343. The first kappa shape index (κ1) is 9.31. The van der Waals surface area contributed by atoms with Crippen molar-refractivity contribution in [2.45, 2.75) is 12.5 Å². The highest BCUT2D eigenvalue weighted by Gasteiger charge is 2.19. The SMILES string of the molecule is NC1CCOc2cc(Cl)c(Br)cc21. The zero-order valence-electron chi connectivity index (χ0n) is 6.89. The van der Waals surface area contributed by atoms with Crippen LogP contribution >= 0.6 is 27.5 Å². The highest BCUT2D eigenvalue weighted by atomic mass is 79.9. The summed E-state index contributed by atoms with van der Waals surface area (Å²) < 4.78 is 6.31. The zero-order chi connectivity index (χ0) is 9.42. The van der Waals surface area contributed by atoms with Gasteiger partial charge in [0.2, 0.25) is 0 Å². The summed E-state index contributed by atoms with van der Waals surface area (Å²) in [7, 11) is 0. The molecule has 0 saturated heterocycles. The Morgan fingerprint density at radius 3 is 3.08 bits per heavy atom. The van der Waals surface area contributed by atoms with Gasteiger partial charge in [0.15, 0.2) is 0 Å². The van der Waals surface area contributed by atoms with Crippen LogP contribution in [0.15, 0.2) is 16.6 Å². The lowest BCUT2D eigenvalue weighted by Gasteiger charge is -2.23. The Morgan fingerprint density at radius 1 is 1.54 bits per heavy atom. The second-order valence-corrected chi connectivity index (χ2v) is 4.31. The molecular weight excluding hydrogens is 253 g/mol. The number of hydrogen-bond donors (Lipinski definition) is 1. The third kappa shape index (κ3) is 1.68. The second kappa shape index (κ2) is 3.48.